The summed E-state index contributed by atoms with van der Waals surface area (Å²) in [5, 5.41) is 3.38. The van der Waals surface area contributed by atoms with Crippen molar-refractivity contribution in [3.8, 4) is 0 Å². The molecule has 98 valence electrons. The summed E-state index contributed by atoms with van der Waals surface area (Å²) in [6.45, 7) is 7.08. The Labute approximate surface area is 104 Å². The fraction of sp³-hybridized carbons (Fsp3) is 0.923. The molecule has 0 aromatic heterocycles. The molecule has 0 aliphatic carbocycles. The van der Waals surface area contributed by atoms with Crippen LogP contribution in [0, 0.1) is 0 Å². The van der Waals surface area contributed by atoms with Crippen LogP contribution in [0.2, 0.25) is 0 Å². The standard InChI is InChI=1S/C13H24N2O2/c1-4-6-12-14-9(2)13(16)15(12)10(3)11-7-5-8-17-11/h9-12,14H,4-8H2,1-3H3. The number of rotatable bonds is 4. The first kappa shape index (κ1) is 12.8. The topological polar surface area (TPSA) is 41.6 Å². The summed E-state index contributed by atoms with van der Waals surface area (Å²) in [6.07, 6.45) is 4.74. The summed E-state index contributed by atoms with van der Waals surface area (Å²) >= 11 is 0. The van der Waals surface area contributed by atoms with Crippen LogP contribution >= 0.6 is 0 Å². The Hall–Kier alpha value is -0.610. The molecule has 2 rings (SSSR count). The van der Waals surface area contributed by atoms with Crippen molar-refractivity contribution in [3.05, 3.63) is 0 Å². The molecule has 1 amide bonds. The molecular formula is C13H24N2O2. The number of hydrogen-bond donors (Lipinski definition) is 1. The maximum Gasteiger partial charge on any atom is 0.241 e. The third-order valence-corrected chi connectivity index (χ3v) is 3.91. The van der Waals surface area contributed by atoms with Crippen LogP contribution in [0.4, 0.5) is 0 Å². The third kappa shape index (κ3) is 2.47. The van der Waals surface area contributed by atoms with Crippen molar-refractivity contribution in [1.82, 2.24) is 10.2 Å². The second-order valence-electron chi connectivity index (χ2n) is 5.23. The zero-order valence-electron chi connectivity index (χ0n) is 11.1. The molecule has 0 spiro atoms. The second-order valence-corrected chi connectivity index (χ2v) is 5.23. The summed E-state index contributed by atoms with van der Waals surface area (Å²) in [5.74, 6) is 0.228. The van der Waals surface area contributed by atoms with E-state index in [1.807, 2.05) is 11.8 Å². The predicted octanol–water partition coefficient (Wildman–Crippen LogP) is 1.50. The minimum absolute atomic E-state index is 0.0459. The highest BCUT2D eigenvalue weighted by molar-refractivity contribution is 5.84. The summed E-state index contributed by atoms with van der Waals surface area (Å²) in [6, 6.07) is 0.148. The van der Waals surface area contributed by atoms with Crippen molar-refractivity contribution in [2.75, 3.05) is 6.61 Å². The molecule has 2 aliphatic heterocycles. The lowest BCUT2D eigenvalue weighted by Gasteiger charge is -2.33. The van der Waals surface area contributed by atoms with Gasteiger partial charge < -0.3 is 9.64 Å². The Balaban J connectivity index is 2.06. The maximum absolute atomic E-state index is 12.2. The smallest absolute Gasteiger partial charge is 0.241 e. The summed E-state index contributed by atoms with van der Waals surface area (Å²) in [4.78, 5) is 14.2. The van der Waals surface area contributed by atoms with Crippen LogP contribution in [0.3, 0.4) is 0 Å². The van der Waals surface area contributed by atoms with Gasteiger partial charge in [-0.2, -0.15) is 0 Å². The normalized spacial score (nSPS) is 35.6. The van der Waals surface area contributed by atoms with Crippen LogP contribution in [-0.2, 0) is 9.53 Å². The highest BCUT2D eigenvalue weighted by Gasteiger charge is 2.41. The van der Waals surface area contributed by atoms with Crippen molar-refractivity contribution in [2.24, 2.45) is 0 Å². The van der Waals surface area contributed by atoms with Crippen molar-refractivity contribution in [1.29, 1.82) is 0 Å². The van der Waals surface area contributed by atoms with Crippen molar-refractivity contribution in [2.45, 2.75) is 70.8 Å². The highest BCUT2D eigenvalue weighted by atomic mass is 16.5. The Morgan fingerprint density at radius 1 is 1.59 bits per heavy atom. The first-order valence-corrected chi connectivity index (χ1v) is 6.85. The van der Waals surface area contributed by atoms with E-state index in [2.05, 4.69) is 19.2 Å². The number of ether oxygens (including phenoxy) is 1. The van der Waals surface area contributed by atoms with E-state index in [1.165, 1.54) is 0 Å². The predicted molar refractivity (Wildman–Crippen MR) is 66.6 cm³/mol. The molecule has 4 atom stereocenters. The molecule has 0 saturated carbocycles. The van der Waals surface area contributed by atoms with Crippen LogP contribution in [0.15, 0.2) is 0 Å². The largest absolute Gasteiger partial charge is 0.376 e. The van der Waals surface area contributed by atoms with Gasteiger partial charge in [0.15, 0.2) is 0 Å². The lowest BCUT2D eigenvalue weighted by atomic mass is 10.1. The molecule has 4 nitrogen and oxygen atoms in total. The Bertz CT molecular complexity index is 277. The molecule has 17 heavy (non-hydrogen) atoms. The van der Waals surface area contributed by atoms with Gasteiger partial charge >= 0.3 is 0 Å². The quantitative estimate of drug-likeness (QED) is 0.809. The zero-order chi connectivity index (χ0) is 12.4. The van der Waals surface area contributed by atoms with Gasteiger partial charge in [0, 0.05) is 6.61 Å². The van der Waals surface area contributed by atoms with E-state index in [0.29, 0.717) is 0 Å². The van der Waals surface area contributed by atoms with Gasteiger partial charge in [0.05, 0.1) is 24.4 Å². The fourth-order valence-corrected chi connectivity index (χ4v) is 2.96. The van der Waals surface area contributed by atoms with Crippen LogP contribution in [0.25, 0.3) is 0 Å². The molecule has 2 heterocycles. The van der Waals surface area contributed by atoms with Gasteiger partial charge in [-0.3, -0.25) is 10.1 Å². The van der Waals surface area contributed by atoms with Crippen molar-refractivity contribution < 1.29 is 9.53 Å². The highest BCUT2D eigenvalue weighted by Crippen LogP contribution is 2.25. The van der Waals surface area contributed by atoms with E-state index in [9.17, 15) is 4.79 Å². The Morgan fingerprint density at radius 3 is 2.94 bits per heavy atom. The van der Waals surface area contributed by atoms with Gasteiger partial charge in [0.25, 0.3) is 0 Å². The molecule has 0 aromatic rings. The first-order valence-electron chi connectivity index (χ1n) is 6.85. The van der Waals surface area contributed by atoms with Gasteiger partial charge in [0.2, 0.25) is 5.91 Å². The van der Waals surface area contributed by atoms with Crippen LogP contribution in [-0.4, -0.2) is 41.8 Å². The summed E-state index contributed by atoms with van der Waals surface area (Å²) in [5.41, 5.74) is 0. The average molecular weight is 240 g/mol. The molecule has 1 N–H and O–H groups in total. The van der Waals surface area contributed by atoms with Crippen molar-refractivity contribution in [3.63, 3.8) is 0 Å². The summed E-state index contributed by atoms with van der Waals surface area (Å²) in [7, 11) is 0. The monoisotopic (exact) mass is 240 g/mol. The Kier molecular flexibility index (Phi) is 4.05. The molecule has 0 radical (unpaired) electrons. The van der Waals surface area contributed by atoms with Gasteiger partial charge in [-0.15, -0.1) is 0 Å². The van der Waals surface area contributed by atoms with Gasteiger partial charge in [-0.05, 0) is 33.1 Å². The van der Waals surface area contributed by atoms with Crippen LogP contribution < -0.4 is 5.32 Å². The average Bonchev–Trinajstić information content (AvgIpc) is 2.89. The minimum Gasteiger partial charge on any atom is -0.376 e. The summed E-state index contributed by atoms with van der Waals surface area (Å²) < 4.78 is 5.72. The molecule has 4 heteroatoms. The molecule has 2 saturated heterocycles. The second kappa shape index (κ2) is 5.36. The first-order chi connectivity index (χ1) is 8.15. The van der Waals surface area contributed by atoms with Crippen LogP contribution in [0.5, 0.6) is 0 Å². The third-order valence-electron chi connectivity index (χ3n) is 3.91. The minimum atomic E-state index is -0.0459. The van der Waals surface area contributed by atoms with E-state index < -0.39 is 0 Å². The zero-order valence-corrected chi connectivity index (χ0v) is 11.1. The van der Waals surface area contributed by atoms with Crippen molar-refractivity contribution >= 4 is 5.91 Å². The van der Waals surface area contributed by atoms with E-state index in [1.54, 1.807) is 0 Å². The van der Waals surface area contributed by atoms with E-state index in [-0.39, 0.29) is 30.3 Å². The van der Waals surface area contributed by atoms with Gasteiger partial charge in [-0.25, -0.2) is 0 Å². The fourth-order valence-electron chi connectivity index (χ4n) is 2.96. The molecular weight excluding hydrogens is 216 g/mol. The number of nitrogens with zero attached hydrogens (tertiary/aromatic N) is 1. The van der Waals surface area contributed by atoms with E-state index in [0.717, 1.165) is 32.3 Å². The van der Waals surface area contributed by atoms with Crippen LogP contribution in [0.1, 0.15) is 46.5 Å². The number of hydrogen-bond acceptors (Lipinski definition) is 3. The molecule has 0 aromatic carbocycles. The van der Waals surface area contributed by atoms with E-state index >= 15 is 0 Å². The SMILES string of the molecule is CCCC1NC(C)C(=O)N1C(C)C1CCCO1. The lowest BCUT2D eigenvalue weighted by molar-refractivity contribution is -0.134. The molecule has 2 aliphatic rings. The lowest BCUT2D eigenvalue weighted by Crippen LogP contribution is -2.48. The maximum atomic E-state index is 12.2. The Morgan fingerprint density at radius 2 is 2.35 bits per heavy atom. The number of amides is 1. The molecule has 4 unspecified atom stereocenters. The van der Waals surface area contributed by atoms with Gasteiger partial charge in [0.1, 0.15) is 0 Å². The molecule has 0 bridgehead atoms. The van der Waals surface area contributed by atoms with Gasteiger partial charge in [-0.1, -0.05) is 13.3 Å². The number of carbonyl (C=O) groups excluding carboxylic acids is 1. The number of nitrogens with one attached hydrogen (secondary N) is 1. The van der Waals surface area contributed by atoms with E-state index in [4.69, 9.17) is 4.74 Å². The number of carbonyl (C=O) groups is 1. The molecule has 2 fully saturated rings.